The molecule has 2 N–H and O–H groups in total. The predicted molar refractivity (Wildman–Crippen MR) is 69.0 cm³/mol. The molecule has 0 atom stereocenters. The normalized spacial score (nSPS) is 17.3. The van der Waals surface area contributed by atoms with E-state index >= 15 is 0 Å². The Hall–Kier alpha value is -1.75. The zero-order valence-electron chi connectivity index (χ0n) is 10.6. The summed E-state index contributed by atoms with van der Waals surface area (Å²) in [5.74, 6) is -0.899. The standard InChI is InChI=1S/C14H17FN2O2/c15-13-7-11(14(16)19)1-2-12(13)8-17-5-3-10(9-18)4-6-17/h1-2,7,9-10H,3-6,8H2,(H2,16,19). The molecule has 0 saturated carbocycles. The number of hydrogen-bond donors (Lipinski definition) is 1. The van der Waals surface area contributed by atoms with E-state index in [0.29, 0.717) is 12.1 Å². The van der Waals surface area contributed by atoms with E-state index in [4.69, 9.17) is 5.73 Å². The number of nitrogens with two attached hydrogens (primary N) is 1. The van der Waals surface area contributed by atoms with Crippen LogP contribution in [-0.2, 0) is 11.3 Å². The van der Waals surface area contributed by atoms with Crippen LogP contribution in [0.2, 0.25) is 0 Å². The molecule has 0 aromatic heterocycles. The Morgan fingerprint density at radius 3 is 2.63 bits per heavy atom. The summed E-state index contributed by atoms with van der Waals surface area (Å²) in [6.45, 7) is 2.08. The van der Waals surface area contributed by atoms with Gasteiger partial charge in [-0.1, -0.05) is 6.07 Å². The van der Waals surface area contributed by atoms with Crippen LogP contribution in [0.5, 0.6) is 0 Å². The van der Waals surface area contributed by atoms with E-state index in [0.717, 1.165) is 32.2 Å². The fourth-order valence-corrected chi connectivity index (χ4v) is 2.32. The van der Waals surface area contributed by atoms with Gasteiger partial charge in [0.15, 0.2) is 0 Å². The molecule has 19 heavy (non-hydrogen) atoms. The molecule has 102 valence electrons. The number of benzene rings is 1. The second-order valence-corrected chi connectivity index (χ2v) is 4.92. The third-order valence-electron chi connectivity index (χ3n) is 3.56. The van der Waals surface area contributed by atoms with Crippen LogP contribution in [-0.4, -0.2) is 30.2 Å². The summed E-state index contributed by atoms with van der Waals surface area (Å²) in [4.78, 5) is 23.7. The molecule has 1 heterocycles. The van der Waals surface area contributed by atoms with Gasteiger partial charge in [-0.25, -0.2) is 4.39 Å². The van der Waals surface area contributed by atoms with E-state index in [9.17, 15) is 14.0 Å². The van der Waals surface area contributed by atoms with Crippen molar-refractivity contribution in [1.29, 1.82) is 0 Å². The maximum absolute atomic E-state index is 13.8. The van der Waals surface area contributed by atoms with Gasteiger partial charge in [-0.15, -0.1) is 0 Å². The molecule has 4 nitrogen and oxygen atoms in total. The number of halogens is 1. The number of likely N-dealkylation sites (tertiary alicyclic amines) is 1. The highest BCUT2D eigenvalue weighted by molar-refractivity contribution is 5.92. The molecule has 0 spiro atoms. The molecular weight excluding hydrogens is 247 g/mol. The molecule has 0 unspecified atom stereocenters. The second kappa shape index (κ2) is 5.93. The Labute approximate surface area is 111 Å². The van der Waals surface area contributed by atoms with Crippen LogP contribution in [0.15, 0.2) is 18.2 Å². The number of carbonyl (C=O) groups is 2. The number of rotatable bonds is 4. The van der Waals surface area contributed by atoms with Crippen molar-refractivity contribution in [2.24, 2.45) is 11.7 Å². The molecule has 1 saturated heterocycles. The number of piperidine rings is 1. The van der Waals surface area contributed by atoms with E-state index in [-0.39, 0.29) is 11.5 Å². The second-order valence-electron chi connectivity index (χ2n) is 4.92. The lowest BCUT2D eigenvalue weighted by Crippen LogP contribution is -2.33. The van der Waals surface area contributed by atoms with Crippen molar-refractivity contribution in [2.45, 2.75) is 19.4 Å². The Morgan fingerprint density at radius 1 is 1.42 bits per heavy atom. The van der Waals surface area contributed by atoms with Crippen LogP contribution in [0, 0.1) is 11.7 Å². The summed E-state index contributed by atoms with van der Waals surface area (Å²) >= 11 is 0. The maximum atomic E-state index is 13.8. The first-order chi connectivity index (χ1) is 9.10. The molecule has 1 aliphatic heterocycles. The highest BCUT2D eigenvalue weighted by Crippen LogP contribution is 2.19. The molecule has 1 aromatic carbocycles. The molecule has 0 radical (unpaired) electrons. The van der Waals surface area contributed by atoms with Crippen molar-refractivity contribution in [1.82, 2.24) is 4.90 Å². The van der Waals surface area contributed by atoms with Gasteiger partial charge in [-0.3, -0.25) is 9.69 Å². The highest BCUT2D eigenvalue weighted by Gasteiger charge is 2.19. The lowest BCUT2D eigenvalue weighted by molar-refractivity contribution is -0.112. The summed E-state index contributed by atoms with van der Waals surface area (Å²) in [5, 5.41) is 0. The number of nitrogens with zero attached hydrogens (tertiary/aromatic N) is 1. The summed E-state index contributed by atoms with van der Waals surface area (Å²) in [6, 6.07) is 4.32. The van der Waals surface area contributed by atoms with Crippen LogP contribution in [0.4, 0.5) is 4.39 Å². The van der Waals surface area contributed by atoms with E-state index in [1.165, 1.54) is 6.07 Å². The van der Waals surface area contributed by atoms with Gasteiger partial charge >= 0.3 is 0 Å². The largest absolute Gasteiger partial charge is 0.366 e. The molecule has 5 heteroatoms. The van der Waals surface area contributed by atoms with E-state index in [2.05, 4.69) is 4.90 Å². The number of amides is 1. The van der Waals surface area contributed by atoms with Gasteiger partial charge in [0, 0.05) is 23.6 Å². The average Bonchev–Trinajstić information content (AvgIpc) is 2.41. The summed E-state index contributed by atoms with van der Waals surface area (Å²) in [6.07, 6.45) is 2.65. The summed E-state index contributed by atoms with van der Waals surface area (Å²) in [7, 11) is 0. The highest BCUT2D eigenvalue weighted by atomic mass is 19.1. The zero-order chi connectivity index (χ0) is 13.8. The minimum Gasteiger partial charge on any atom is -0.366 e. The van der Waals surface area contributed by atoms with Crippen LogP contribution in [0.3, 0.4) is 0 Å². The van der Waals surface area contributed by atoms with Gasteiger partial charge in [0.25, 0.3) is 0 Å². The number of carbonyl (C=O) groups excluding carboxylic acids is 2. The zero-order valence-corrected chi connectivity index (χ0v) is 10.6. The van der Waals surface area contributed by atoms with Gasteiger partial charge in [0.05, 0.1) is 0 Å². The quantitative estimate of drug-likeness (QED) is 0.835. The van der Waals surface area contributed by atoms with E-state index in [1.807, 2.05) is 0 Å². The molecule has 1 aliphatic rings. The predicted octanol–water partition coefficient (Wildman–Crippen LogP) is 1.34. The molecule has 1 aromatic rings. The first-order valence-electron chi connectivity index (χ1n) is 6.36. The molecule has 1 amide bonds. The smallest absolute Gasteiger partial charge is 0.248 e. The Balaban J connectivity index is 2.00. The molecule has 0 bridgehead atoms. The Kier molecular flexibility index (Phi) is 4.27. The monoisotopic (exact) mass is 264 g/mol. The van der Waals surface area contributed by atoms with E-state index < -0.39 is 11.7 Å². The van der Waals surface area contributed by atoms with Crippen molar-refractivity contribution < 1.29 is 14.0 Å². The lowest BCUT2D eigenvalue weighted by Gasteiger charge is -2.29. The number of aldehydes is 1. The molecule has 0 aliphatic carbocycles. The van der Waals surface area contributed by atoms with Crippen molar-refractivity contribution in [3.05, 3.63) is 35.1 Å². The molecular formula is C14H17FN2O2. The Morgan fingerprint density at radius 2 is 2.11 bits per heavy atom. The van der Waals surface area contributed by atoms with Crippen molar-refractivity contribution in [3.63, 3.8) is 0 Å². The van der Waals surface area contributed by atoms with Gasteiger partial charge in [-0.2, -0.15) is 0 Å². The van der Waals surface area contributed by atoms with Crippen molar-refractivity contribution >= 4 is 12.2 Å². The third-order valence-corrected chi connectivity index (χ3v) is 3.56. The van der Waals surface area contributed by atoms with E-state index in [1.54, 1.807) is 12.1 Å². The first-order valence-corrected chi connectivity index (χ1v) is 6.36. The van der Waals surface area contributed by atoms with Gasteiger partial charge in [-0.05, 0) is 38.1 Å². The van der Waals surface area contributed by atoms with Gasteiger partial charge < -0.3 is 10.5 Å². The minimum atomic E-state index is -0.628. The first kappa shape index (κ1) is 13.7. The number of hydrogen-bond acceptors (Lipinski definition) is 3. The van der Waals surface area contributed by atoms with Crippen LogP contribution < -0.4 is 5.73 Å². The fraction of sp³-hybridized carbons (Fsp3) is 0.429. The Bertz CT molecular complexity index is 482. The average molecular weight is 264 g/mol. The van der Waals surface area contributed by atoms with Crippen LogP contribution in [0.25, 0.3) is 0 Å². The molecule has 1 fully saturated rings. The fourth-order valence-electron chi connectivity index (χ4n) is 2.32. The van der Waals surface area contributed by atoms with Gasteiger partial charge in [0.1, 0.15) is 12.1 Å². The number of primary amides is 1. The summed E-state index contributed by atoms with van der Waals surface area (Å²) < 4.78 is 13.8. The van der Waals surface area contributed by atoms with Crippen molar-refractivity contribution in [2.75, 3.05) is 13.1 Å². The van der Waals surface area contributed by atoms with Crippen molar-refractivity contribution in [3.8, 4) is 0 Å². The third kappa shape index (κ3) is 3.38. The SMILES string of the molecule is NC(=O)c1ccc(CN2CCC(C=O)CC2)c(F)c1. The lowest BCUT2D eigenvalue weighted by atomic mass is 9.98. The minimum absolute atomic E-state index is 0.137. The summed E-state index contributed by atoms with van der Waals surface area (Å²) in [5.41, 5.74) is 5.83. The van der Waals surface area contributed by atoms with Crippen LogP contribution >= 0.6 is 0 Å². The topological polar surface area (TPSA) is 63.4 Å². The van der Waals surface area contributed by atoms with Crippen LogP contribution in [0.1, 0.15) is 28.8 Å². The maximum Gasteiger partial charge on any atom is 0.248 e. The van der Waals surface area contributed by atoms with Gasteiger partial charge in [0.2, 0.25) is 5.91 Å². The molecule has 2 rings (SSSR count).